The lowest BCUT2D eigenvalue weighted by atomic mass is 9.61. The van der Waals surface area contributed by atoms with Crippen molar-refractivity contribution < 1.29 is 4.79 Å². The van der Waals surface area contributed by atoms with Gasteiger partial charge in [0.2, 0.25) is 5.91 Å². The second-order valence-corrected chi connectivity index (χ2v) is 6.70. The highest BCUT2D eigenvalue weighted by Gasteiger charge is 2.45. The van der Waals surface area contributed by atoms with Crippen molar-refractivity contribution >= 4 is 11.6 Å². The molecular formula is C15H26N4O. The molecule has 1 aromatic heterocycles. The molecule has 0 saturated heterocycles. The average molecular weight is 278 g/mol. The van der Waals surface area contributed by atoms with Crippen molar-refractivity contribution in [1.29, 1.82) is 0 Å². The van der Waals surface area contributed by atoms with Crippen LogP contribution in [0.1, 0.15) is 45.0 Å². The monoisotopic (exact) mass is 278 g/mol. The van der Waals surface area contributed by atoms with Crippen LogP contribution in [0, 0.1) is 31.1 Å². The predicted molar refractivity (Wildman–Crippen MR) is 80.3 cm³/mol. The summed E-state index contributed by atoms with van der Waals surface area (Å²) in [6, 6.07) is 0.187. The van der Waals surface area contributed by atoms with Crippen LogP contribution in [0.5, 0.6) is 0 Å². The maximum atomic E-state index is 12.6. The van der Waals surface area contributed by atoms with Crippen LogP contribution in [0.3, 0.4) is 0 Å². The molecule has 1 heterocycles. The average Bonchev–Trinajstić information content (AvgIpc) is 2.68. The van der Waals surface area contributed by atoms with Crippen LogP contribution >= 0.6 is 0 Å². The number of hydrogen-bond donors (Lipinski definition) is 3. The largest absolute Gasteiger partial charge is 0.327 e. The Bertz CT molecular complexity index is 486. The molecule has 3 unspecified atom stereocenters. The molecule has 4 N–H and O–H groups in total. The highest BCUT2D eigenvalue weighted by Crippen LogP contribution is 2.44. The van der Waals surface area contributed by atoms with E-state index in [4.69, 9.17) is 5.73 Å². The number of aromatic amines is 1. The molecule has 3 atom stereocenters. The van der Waals surface area contributed by atoms with Crippen molar-refractivity contribution in [3.8, 4) is 0 Å². The van der Waals surface area contributed by atoms with Gasteiger partial charge in [0.1, 0.15) is 0 Å². The van der Waals surface area contributed by atoms with Gasteiger partial charge in [-0.25, -0.2) is 0 Å². The van der Waals surface area contributed by atoms with Crippen LogP contribution < -0.4 is 11.1 Å². The molecule has 0 bridgehead atoms. The maximum absolute atomic E-state index is 12.6. The third-order valence-corrected chi connectivity index (χ3v) is 5.20. The zero-order chi connectivity index (χ0) is 15.1. The molecule has 1 aliphatic carbocycles. The molecule has 0 aliphatic heterocycles. The summed E-state index contributed by atoms with van der Waals surface area (Å²) in [5.74, 6) is 0.408. The number of rotatable bonds is 2. The van der Waals surface area contributed by atoms with Crippen molar-refractivity contribution in [2.45, 2.75) is 53.5 Å². The fraction of sp³-hybridized carbons (Fsp3) is 0.733. The van der Waals surface area contributed by atoms with E-state index in [0.29, 0.717) is 5.92 Å². The topological polar surface area (TPSA) is 83.8 Å². The molecule has 5 nitrogen and oxygen atoms in total. The van der Waals surface area contributed by atoms with Gasteiger partial charge in [0.15, 0.2) is 0 Å². The third kappa shape index (κ3) is 2.46. The van der Waals surface area contributed by atoms with Gasteiger partial charge in [-0.05, 0) is 38.0 Å². The summed E-state index contributed by atoms with van der Waals surface area (Å²) >= 11 is 0. The van der Waals surface area contributed by atoms with Crippen LogP contribution in [0.4, 0.5) is 5.69 Å². The van der Waals surface area contributed by atoms with Crippen molar-refractivity contribution in [1.82, 2.24) is 10.2 Å². The Morgan fingerprint density at radius 2 is 2.05 bits per heavy atom. The Hall–Kier alpha value is -1.36. The van der Waals surface area contributed by atoms with E-state index >= 15 is 0 Å². The SMILES string of the molecule is Cc1n[nH]c(C)c1NC(=O)C1CCC(N)C(C)C1(C)C. The molecule has 0 aromatic carbocycles. The first kappa shape index (κ1) is 15.0. The van der Waals surface area contributed by atoms with Crippen LogP contribution in [0.15, 0.2) is 0 Å². The predicted octanol–water partition coefficient (Wildman–Crippen LogP) is 2.36. The summed E-state index contributed by atoms with van der Waals surface area (Å²) in [5.41, 5.74) is 8.60. The van der Waals surface area contributed by atoms with Crippen molar-refractivity contribution in [3.63, 3.8) is 0 Å². The van der Waals surface area contributed by atoms with Gasteiger partial charge in [0, 0.05) is 12.0 Å². The number of amides is 1. The minimum Gasteiger partial charge on any atom is -0.327 e. The number of aromatic nitrogens is 2. The van der Waals surface area contributed by atoms with Crippen LogP contribution in [0.2, 0.25) is 0 Å². The Balaban J connectivity index is 2.17. The lowest BCUT2D eigenvalue weighted by molar-refractivity contribution is -0.127. The zero-order valence-corrected chi connectivity index (χ0v) is 13.1. The van der Waals surface area contributed by atoms with E-state index in [1.807, 2.05) is 13.8 Å². The first-order valence-corrected chi connectivity index (χ1v) is 7.33. The van der Waals surface area contributed by atoms with Crippen LogP contribution in [-0.2, 0) is 4.79 Å². The smallest absolute Gasteiger partial charge is 0.228 e. The Kier molecular flexibility index (Phi) is 3.91. The maximum Gasteiger partial charge on any atom is 0.228 e. The number of hydrogen-bond acceptors (Lipinski definition) is 3. The summed E-state index contributed by atoms with van der Waals surface area (Å²) in [7, 11) is 0. The molecule has 1 saturated carbocycles. The number of aryl methyl sites for hydroxylation is 2. The minimum atomic E-state index is -0.0900. The summed E-state index contributed by atoms with van der Waals surface area (Å²) in [5, 5.41) is 10.1. The van der Waals surface area contributed by atoms with Gasteiger partial charge in [-0.15, -0.1) is 0 Å². The molecule has 1 aliphatic rings. The second kappa shape index (κ2) is 5.20. The number of nitrogens with two attached hydrogens (primary N) is 1. The minimum absolute atomic E-state index is 0.00833. The Morgan fingerprint density at radius 3 is 2.60 bits per heavy atom. The Morgan fingerprint density at radius 1 is 1.40 bits per heavy atom. The third-order valence-electron chi connectivity index (χ3n) is 5.20. The molecule has 1 amide bonds. The van der Waals surface area contributed by atoms with E-state index < -0.39 is 0 Å². The lowest BCUT2D eigenvalue weighted by Crippen LogP contribution is -2.50. The summed E-state index contributed by atoms with van der Waals surface area (Å²) in [6.07, 6.45) is 1.76. The number of anilines is 1. The zero-order valence-electron chi connectivity index (χ0n) is 13.1. The van der Waals surface area contributed by atoms with E-state index in [1.165, 1.54) is 0 Å². The van der Waals surface area contributed by atoms with Gasteiger partial charge in [0.25, 0.3) is 0 Å². The quantitative estimate of drug-likeness (QED) is 0.776. The molecule has 0 spiro atoms. The summed E-state index contributed by atoms with van der Waals surface area (Å²) < 4.78 is 0. The van der Waals surface area contributed by atoms with E-state index in [9.17, 15) is 4.79 Å². The highest BCUT2D eigenvalue weighted by molar-refractivity contribution is 5.94. The number of nitrogens with zero attached hydrogens (tertiary/aromatic N) is 1. The lowest BCUT2D eigenvalue weighted by Gasteiger charge is -2.46. The van der Waals surface area contributed by atoms with Crippen molar-refractivity contribution in [2.24, 2.45) is 23.0 Å². The molecule has 5 heteroatoms. The second-order valence-electron chi connectivity index (χ2n) is 6.70. The molecule has 2 rings (SSSR count). The van der Waals surface area contributed by atoms with Gasteiger partial charge in [0.05, 0.1) is 17.1 Å². The number of carbonyl (C=O) groups excluding carboxylic acids is 1. The summed E-state index contributed by atoms with van der Waals surface area (Å²) in [4.78, 5) is 12.6. The molecular weight excluding hydrogens is 252 g/mol. The first-order chi connectivity index (χ1) is 9.25. The normalized spacial score (nSPS) is 29.2. The van der Waals surface area contributed by atoms with Crippen molar-refractivity contribution in [3.05, 3.63) is 11.4 Å². The molecule has 20 heavy (non-hydrogen) atoms. The fourth-order valence-electron chi connectivity index (χ4n) is 3.26. The number of nitrogens with one attached hydrogen (secondary N) is 2. The van der Waals surface area contributed by atoms with Gasteiger partial charge in [-0.2, -0.15) is 5.10 Å². The molecule has 1 fully saturated rings. The van der Waals surface area contributed by atoms with E-state index in [2.05, 4.69) is 36.3 Å². The van der Waals surface area contributed by atoms with Gasteiger partial charge < -0.3 is 11.1 Å². The van der Waals surface area contributed by atoms with Gasteiger partial charge in [-0.1, -0.05) is 20.8 Å². The van der Waals surface area contributed by atoms with E-state index in [-0.39, 0.29) is 23.3 Å². The standard InChI is InChI=1S/C15H26N4O/c1-8-12(16)7-6-11(15(8,4)5)14(20)17-13-9(2)18-19-10(13)3/h8,11-12H,6-7,16H2,1-5H3,(H,17,20)(H,18,19). The first-order valence-electron chi connectivity index (χ1n) is 7.33. The van der Waals surface area contributed by atoms with E-state index in [0.717, 1.165) is 29.9 Å². The van der Waals surface area contributed by atoms with Crippen LogP contribution in [0.25, 0.3) is 0 Å². The van der Waals surface area contributed by atoms with Gasteiger partial charge in [-0.3, -0.25) is 9.89 Å². The highest BCUT2D eigenvalue weighted by atomic mass is 16.1. The van der Waals surface area contributed by atoms with E-state index in [1.54, 1.807) is 0 Å². The Labute approximate surface area is 120 Å². The van der Waals surface area contributed by atoms with Crippen molar-refractivity contribution in [2.75, 3.05) is 5.32 Å². The number of carbonyl (C=O) groups is 1. The number of H-pyrrole nitrogens is 1. The molecule has 112 valence electrons. The molecule has 1 aromatic rings. The van der Waals surface area contributed by atoms with Crippen LogP contribution in [-0.4, -0.2) is 22.1 Å². The summed E-state index contributed by atoms with van der Waals surface area (Å²) in [6.45, 7) is 10.3. The molecule has 0 radical (unpaired) electrons. The fourth-order valence-corrected chi connectivity index (χ4v) is 3.26. The van der Waals surface area contributed by atoms with Gasteiger partial charge >= 0.3 is 0 Å².